The Labute approximate surface area is 153 Å². The van der Waals surface area contributed by atoms with Crippen molar-refractivity contribution in [1.82, 2.24) is 0 Å². The van der Waals surface area contributed by atoms with E-state index in [2.05, 4.69) is 10.1 Å². The molecule has 2 aromatic carbocycles. The number of halogens is 3. The maximum atomic E-state index is 12.4. The second-order valence-electron chi connectivity index (χ2n) is 5.32. The van der Waals surface area contributed by atoms with Gasteiger partial charge in [-0.1, -0.05) is 29.8 Å². The fourth-order valence-corrected chi connectivity index (χ4v) is 2.26. The van der Waals surface area contributed by atoms with E-state index in [4.69, 9.17) is 16.3 Å². The van der Waals surface area contributed by atoms with Gasteiger partial charge in [-0.05, 0) is 43.7 Å². The highest BCUT2D eigenvalue weighted by Crippen LogP contribution is 2.24. The van der Waals surface area contributed by atoms with Gasteiger partial charge >= 0.3 is 12.6 Å². The molecule has 8 heteroatoms. The molecule has 0 spiro atoms. The molecule has 1 N–H and O–H groups in total. The molecule has 0 unspecified atom stereocenters. The SMILES string of the molecule is Cc1c(Cl)cccc1NC(=O)[C@@H](C)OC(=O)c1ccccc1OC(F)F. The minimum atomic E-state index is -3.09. The summed E-state index contributed by atoms with van der Waals surface area (Å²) in [6, 6.07) is 10.4. The first kappa shape index (κ1) is 19.7. The van der Waals surface area contributed by atoms with Crippen molar-refractivity contribution in [2.24, 2.45) is 0 Å². The fraction of sp³-hybridized carbons (Fsp3) is 0.222. The Morgan fingerprint density at radius 3 is 2.50 bits per heavy atom. The van der Waals surface area contributed by atoms with Crippen molar-refractivity contribution < 1.29 is 27.8 Å². The molecule has 0 fully saturated rings. The second-order valence-corrected chi connectivity index (χ2v) is 5.73. The van der Waals surface area contributed by atoms with Crippen molar-refractivity contribution in [3.8, 4) is 5.75 Å². The molecule has 0 saturated heterocycles. The molecule has 0 radical (unpaired) electrons. The molecule has 2 rings (SSSR count). The summed E-state index contributed by atoms with van der Waals surface area (Å²) in [5.74, 6) is -1.87. The van der Waals surface area contributed by atoms with E-state index in [0.29, 0.717) is 16.3 Å². The number of ether oxygens (including phenoxy) is 2. The lowest BCUT2D eigenvalue weighted by Gasteiger charge is -2.16. The van der Waals surface area contributed by atoms with E-state index < -0.39 is 24.6 Å². The van der Waals surface area contributed by atoms with Crippen LogP contribution in [0.2, 0.25) is 5.02 Å². The molecule has 0 aromatic heterocycles. The van der Waals surface area contributed by atoms with Gasteiger partial charge in [-0.3, -0.25) is 4.79 Å². The van der Waals surface area contributed by atoms with Crippen LogP contribution >= 0.6 is 11.6 Å². The largest absolute Gasteiger partial charge is 0.449 e. The predicted molar refractivity (Wildman–Crippen MR) is 92.8 cm³/mol. The van der Waals surface area contributed by atoms with Gasteiger partial charge < -0.3 is 14.8 Å². The standard InChI is InChI=1S/C18H16ClF2NO4/c1-10-13(19)7-5-8-14(10)22-16(23)11(2)25-17(24)12-6-3-4-9-15(12)26-18(20)21/h3-9,11,18H,1-2H3,(H,22,23)/t11-/m1/s1. The molecule has 0 bridgehead atoms. The highest BCUT2D eigenvalue weighted by molar-refractivity contribution is 6.31. The summed E-state index contributed by atoms with van der Waals surface area (Å²) >= 11 is 5.99. The molecular formula is C18H16ClF2NO4. The summed E-state index contributed by atoms with van der Waals surface area (Å²) < 4.78 is 34.2. The highest BCUT2D eigenvalue weighted by atomic mass is 35.5. The second kappa shape index (κ2) is 8.62. The molecule has 26 heavy (non-hydrogen) atoms. The number of para-hydroxylation sites is 1. The van der Waals surface area contributed by atoms with E-state index >= 15 is 0 Å². The van der Waals surface area contributed by atoms with E-state index in [9.17, 15) is 18.4 Å². The molecule has 0 aliphatic rings. The van der Waals surface area contributed by atoms with Gasteiger partial charge in [0.1, 0.15) is 11.3 Å². The third kappa shape index (κ3) is 4.92. The van der Waals surface area contributed by atoms with Crippen molar-refractivity contribution in [3.63, 3.8) is 0 Å². The monoisotopic (exact) mass is 383 g/mol. The lowest BCUT2D eigenvalue weighted by atomic mass is 10.2. The van der Waals surface area contributed by atoms with Crippen molar-refractivity contribution >= 4 is 29.2 Å². The van der Waals surface area contributed by atoms with Crippen LogP contribution in [0, 0.1) is 6.92 Å². The predicted octanol–water partition coefficient (Wildman–Crippen LogP) is 4.43. The minimum absolute atomic E-state index is 0.202. The van der Waals surface area contributed by atoms with Gasteiger partial charge in [0, 0.05) is 10.7 Å². The summed E-state index contributed by atoms with van der Waals surface area (Å²) in [6.45, 7) is 0.00598. The Bertz CT molecular complexity index is 814. The van der Waals surface area contributed by atoms with Gasteiger partial charge in [-0.15, -0.1) is 0 Å². The van der Waals surface area contributed by atoms with Crippen LogP contribution in [0.25, 0.3) is 0 Å². The molecule has 0 saturated carbocycles. The van der Waals surface area contributed by atoms with Gasteiger partial charge in [-0.25, -0.2) is 4.79 Å². The average Bonchev–Trinajstić information content (AvgIpc) is 2.58. The molecular weight excluding hydrogens is 368 g/mol. The van der Waals surface area contributed by atoms with E-state index in [1.807, 2.05) is 0 Å². The Morgan fingerprint density at radius 2 is 1.81 bits per heavy atom. The molecule has 0 aliphatic carbocycles. The Balaban J connectivity index is 2.07. The summed E-state index contributed by atoms with van der Waals surface area (Å²) in [5, 5.41) is 3.08. The topological polar surface area (TPSA) is 64.6 Å². The normalized spacial score (nSPS) is 11.8. The Hall–Kier alpha value is -2.67. The number of carbonyl (C=O) groups is 2. The number of nitrogens with one attached hydrogen (secondary N) is 1. The molecule has 5 nitrogen and oxygen atoms in total. The van der Waals surface area contributed by atoms with Crippen LogP contribution in [-0.4, -0.2) is 24.6 Å². The zero-order valence-electron chi connectivity index (χ0n) is 14.0. The number of carbonyl (C=O) groups excluding carboxylic acids is 2. The van der Waals surface area contributed by atoms with Crippen LogP contribution in [0.1, 0.15) is 22.8 Å². The molecule has 2 aromatic rings. The van der Waals surface area contributed by atoms with E-state index in [0.717, 1.165) is 0 Å². The van der Waals surface area contributed by atoms with E-state index in [1.54, 1.807) is 25.1 Å². The number of benzene rings is 2. The maximum absolute atomic E-state index is 12.4. The third-order valence-corrected chi connectivity index (χ3v) is 3.91. The molecule has 0 aliphatic heterocycles. The lowest BCUT2D eigenvalue weighted by molar-refractivity contribution is -0.123. The molecule has 1 atom stereocenters. The first-order valence-corrected chi connectivity index (χ1v) is 7.98. The van der Waals surface area contributed by atoms with Crippen LogP contribution in [0.3, 0.4) is 0 Å². The Kier molecular flexibility index (Phi) is 6.52. The zero-order valence-corrected chi connectivity index (χ0v) is 14.7. The molecule has 1 amide bonds. The highest BCUT2D eigenvalue weighted by Gasteiger charge is 2.23. The van der Waals surface area contributed by atoms with Crippen LogP contribution in [-0.2, 0) is 9.53 Å². The number of hydrogen-bond donors (Lipinski definition) is 1. The quantitative estimate of drug-likeness (QED) is 0.749. The van der Waals surface area contributed by atoms with Gasteiger partial charge in [-0.2, -0.15) is 8.78 Å². The number of rotatable bonds is 6. The zero-order chi connectivity index (χ0) is 19.3. The fourth-order valence-electron chi connectivity index (χ4n) is 2.09. The number of alkyl halides is 2. The minimum Gasteiger partial charge on any atom is -0.449 e. The van der Waals surface area contributed by atoms with Crippen LogP contribution < -0.4 is 10.1 Å². The van der Waals surface area contributed by atoms with E-state index in [-0.39, 0.29) is 11.3 Å². The summed E-state index contributed by atoms with van der Waals surface area (Å²) in [4.78, 5) is 24.4. The first-order valence-electron chi connectivity index (χ1n) is 7.60. The summed E-state index contributed by atoms with van der Waals surface area (Å²) in [5.41, 5.74) is 0.940. The number of esters is 1. The van der Waals surface area contributed by atoms with Gasteiger partial charge in [0.25, 0.3) is 5.91 Å². The maximum Gasteiger partial charge on any atom is 0.387 e. The third-order valence-electron chi connectivity index (χ3n) is 3.50. The number of amides is 1. The number of hydrogen-bond acceptors (Lipinski definition) is 4. The van der Waals surface area contributed by atoms with Crippen LogP contribution in [0.5, 0.6) is 5.75 Å². The van der Waals surface area contributed by atoms with Gasteiger partial charge in [0.2, 0.25) is 0 Å². The smallest absolute Gasteiger partial charge is 0.387 e. The van der Waals surface area contributed by atoms with Crippen molar-refractivity contribution in [1.29, 1.82) is 0 Å². The van der Waals surface area contributed by atoms with Crippen molar-refractivity contribution in [2.45, 2.75) is 26.6 Å². The van der Waals surface area contributed by atoms with Crippen LogP contribution in [0.15, 0.2) is 42.5 Å². The molecule has 0 heterocycles. The molecule has 138 valence electrons. The summed E-state index contributed by atoms with van der Waals surface area (Å²) in [7, 11) is 0. The average molecular weight is 384 g/mol. The Morgan fingerprint density at radius 1 is 1.12 bits per heavy atom. The van der Waals surface area contributed by atoms with Crippen molar-refractivity contribution in [3.05, 3.63) is 58.6 Å². The van der Waals surface area contributed by atoms with Crippen molar-refractivity contribution in [2.75, 3.05) is 5.32 Å². The van der Waals surface area contributed by atoms with Crippen LogP contribution in [0.4, 0.5) is 14.5 Å². The van der Waals surface area contributed by atoms with Gasteiger partial charge in [0.15, 0.2) is 6.10 Å². The van der Waals surface area contributed by atoms with E-state index in [1.165, 1.54) is 31.2 Å². The first-order chi connectivity index (χ1) is 12.3. The number of anilines is 1. The summed E-state index contributed by atoms with van der Waals surface area (Å²) in [6.07, 6.45) is -1.17. The lowest BCUT2D eigenvalue weighted by Crippen LogP contribution is -2.30. The van der Waals surface area contributed by atoms with Gasteiger partial charge in [0.05, 0.1) is 0 Å².